The molecule has 0 bridgehead atoms. The third-order valence-corrected chi connectivity index (χ3v) is 4.28. The van der Waals surface area contributed by atoms with Crippen molar-refractivity contribution in [3.8, 4) is 5.75 Å². The summed E-state index contributed by atoms with van der Waals surface area (Å²) >= 11 is 0. The van der Waals surface area contributed by atoms with Crippen LogP contribution in [0.1, 0.15) is 33.8 Å². The van der Waals surface area contributed by atoms with E-state index in [0.717, 1.165) is 12.0 Å². The molecule has 1 heterocycles. The van der Waals surface area contributed by atoms with Crippen LogP contribution >= 0.6 is 0 Å². The van der Waals surface area contributed by atoms with Crippen LogP contribution in [0.2, 0.25) is 0 Å². The van der Waals surface area contributed by atoms with Gasteiger partial charge in [0.25, 0.3) is 5.91 Å². The largest absolute Gasteiger partial charge is 0.508 e. The summed E-state index contributed by atoms with van der Waals surface area (Å²) in [6.45, 7) is 2.90. The van der Waals surface area contributed by atoms with Crippen LogP contribution in [0.4, 0.5) is 4.39 Å². The molecule has 1 atom stereocenters. The second kappa shape index (κ2) is 5.79. The van der Waals surface area contributed by atoms with Crippen molar-refractivity contribution in [3.05, 3.63) is 65.0 Å². The maximum absolute atomic E-state index is 13.9. The lowest BCUT2D eigenvalue weighted by atomic mass is 9.98. The molecule has 4 heteroatoms. The number of halogens is 1. The third-order valence-electron chi connectivity index (χ3n) is 4.28. The molecule has 0 radical (unpaired) electrons. The van der Waals surface area contributed by atoms with E-state index in [1.807, 2.05) is 6.07 Å². The number of phenols is 1. The van der Waals surface area contributed by atoms with Gasteiger partial charge in [-0.1, -0.05) is 24.3 Å². The predicted molar refractivity (Wildman–Crippen MR) is 82.5 cm³/mol. The number of carbonyl (C=O) groups is 1. The monoisotopic (exact) mass is 299 g/mol. The Balaban J connectivity index is 1.76. The van der Waals surface area contributed by atoms with Crippen molar-refractivity contribution >= 4 is 5.91 Å². The molecule has 1 unspecified atom stereocenters. The zero-order valence-corrected chi connectivity index (χ0v) is 12.4. The first-order valence-corrected chi connectivity index (χ1v) is 7.39. The number of hydrogen-bond donors (Lipinski definition) is 1. The second-order valence-electron chi connectivity index (χ2n) is 5.76. The van der Waals surface area contributed by atoms with Crippen LogP contribution in [-0.2, 0) is 0 Å². The maximum Gasteiger partial charge on any atom is 0.254 e. The van der Waals surface area contributed by atoms with Gasteiger partial charge in [0.05, 0.1) is 0 Å². The van der Waals surface area contributed by atoms with Crippen molar-refractivity contribution in [2.45, 2.75) is 19.3 Å². The van der Waals surface area contributed by atoms with Crippen LogP contribution in [0.3, 0.4) is 0 Å². The Hall–Kier alpha value is -2.36. The number of phenolic OH excluding ortho intramolecular Hbond substituents is 1. The fraction of sp³-hybridized carbons (Fsp3) is 0.278. The molecular weight excluding hydrogens is 281 g/mol. The van der Waals surface area contributed by atoms with Crippen LogP contribution in [0, 0.1) is 12.7 Å². The summed E-state index contributed by atoms with van der Waals surface area (Å²) in [6, 6.07) is 11.7. The van der Waals surface area contributed by atoms with Crippen molar-refractivity contribution in [2.75, 3.05) is 13.1 Å². The van der Waals surface area contributed by atoms with E-state index < -0.39 is 0 Å². The molecule has 0 spiro atoms. The molecule has 2 aromatic carbocycles. The average molecular weight is 299 g/mol. The van der Waals surface area contributed by atoms with Crippen LogP contribution in [0.15, 0.2) is 42.5 Å². The summed E-state index contributed by atoms with van der Waals surface area (Å²) < 4.78 is 13.9. The zero-order valence-electron chi connectivity index (χ0n) is 12.4. The molecule has 1 aliphatic rings. The minimum atomic E-state index is -0.213. The van der Waals surface area contributed by atoms with Crippen LogP contribution < -0.4 is 0 Å². The van der Waals surface area contributed by atoms with E-state index in [1.165, 1.54) is 12.1 Å². The van der Waals surface area contributed by atoms with Crippen LogP contribution in [0.25, 0.3) is 0 Å². The van der Waals surface area contributed by atoms with Gasteiger partial charge in [0.2, 0.25) is 0 Å². The smallest absolute Gasteiger partial charge is 0.254 e. The van der Waals surface area contributed by atoms with Gasteiger partial charge in [0, 0.05) is 24.6 Å². The van der Waals surface area contributed by atoms with Gasteiger partial charge >= 0.3 is 0 Å². The maximum atomic E-state index is 13.9. The van der Waals surface area contributed by atoms with E-state index in [4.69, 9.17) is 0 Å². The van der Waals surface area contributed by atoms with Gasteiger partial charge in [0.1, 0.15) is 11.6 Å². The molecule has 1 N–H and O–H groups in total. The molecule has 0 aromatic heterocycles. The van der Waals surface area contributed by atoms with Crippen molar-refractivity contribution in [1.82, 2.24) is 4.90 Å². The number of aryl methyl sites for hydroxylation is 1. The molecular formula is C18H18FNO2. The fourth-order valence-electron chi connectivity index (χ4n) is 2.93. The van der Waals surface area contributed by atoms with Crippen molar-refractivity contribution in [1.29, 1.82) is 0 Å². The Kier molecular flexibility index (Phi) is 3.84. The Bertz CT molecular complexity index is 714. The molecule has 1 fully saturated rings. The number of likely N-dealkylation sites (tertiary alicyclic amines) is 1. The van der Waals surface area contributed by atoms with Gasteiger partial charge in [-0.25, -0.2) is 4.39 Å². The molecule has 3 nitrogen and oxygen atoms in total. The van der Waals surface area contributed by atoms with E-state index in [9.17, 15) is 14.3 Å². The molecule has 2 aromatic rings. The summed E-state index contributed by atoms with van der Waals surface area (Å²) in [7, 11) is 0. The van der Waals surface area contributed by atoms with Crippen molar-refractivity contribution < 1.29 is 14.3 Å². The summed E-state index contributed by atoms with van der Waals surface area (Å²) in [6.07, 6.45) is 0.754. The van der Waals surface area contributed by atoms with Crippen LogP contribution in [-0.4, -0.2) is 29.0 Å². The highest BCUT2D eigenvalue weighted by atomic mass is 19.1. The SMILES string of the molecule is Cc1ccc(C(=O)N2CCC(c3ccccc3F)C2)cc1O. The molecule has 1 amide bonds. The highest BCUT2D eigenvalue weighted by Gasteiger charge is 2.29. The normalized spacial score (nSPS) is 17.7. The number of hydrogen-bond acceptors (Lipinski definition) is 2. The lowest BCUT2D eigenvalue weighted by Crippen LogP contribution is -2.28. The molecule has 1 saturated heterocycles. The number of nitrogens with zero attached hydrogens (tertiary/aromatic N) is 1. The molecule has 0 saturated carbocycles. The summed E-state index contributed by atoms with van der Waals surface area (Å²) in [5, 5.41) is 9.74. The van der Waals surface area contributed by atoms with Crippen molar-refractivity contribution in [2.24, 2.45) is 0 Å². The summed E-state index contributed by atoms with van der Waals surface area (Å²) in [5.74, 6) is -0.177. The number of benzene rings is 2. The average Bonchev–Trinajstić information content (AvgIpc) is 2.99. The van der Waals surface area contributed by atoms with Crippen molar-refractivity contribution in [3.63, 3.8) is 0 Å². The number of amides is 1. The third kappa shape index (κ3) is 2.69. The highest BCUT2D eigenvalue weighted by Crippen LogP contribution is 2.30. The van der Waals surface area contributed by atoms with E-state index in [1.54, 1.807) is 36.1 Å². The second-order valence-corrected chi connectivity index (χ2v) is 5.76. The lowest BCUT2D eigenvalue weighted by molar-refractivity contribution is 0.0790. The Morgan fingerprint density at radius 3 is 2.77 bits per heavy atom. The molecule has 3 rings (SSSR count). The van der Waals surface area contributed by atoms with E-state index >= 15 is 0 Å². The van der Waals surface area contributed by atoms with Gasteiger partial charge in [-0.15, -0.1) is 0 Å². The van der Waals surface area contributed by atoms with Gasteiger partial charge in [-0.05, 0) is 42.7 Å². The zero-order chi connectivity index (χ0) is 15.7. The molecule has 1 aliphatic heterocycles. The van der Waals surface area contributed by atoms with Gasteiger partial charge in [0.15, 0.2) is 0 Å². The van der Waals surface area contributed by atoms with E-state index in [-0.39, 0.29) is 23.4 Å². The first-order chi connectivity index (χ1) is 10.6. The molecule has 22 heavy (non-hydrogen) atoms. The number of aromatic hydroxyl groups is 1. The summed E-state index contributed by atoms with van der Waals surface area (Å²) in [5.41, 5.74) is 1.88. The van der Waals surface area contributed by atoms with E-state index in [0.29, 0.717) is 24.2 Å². The van der Waals surface area contributed by atoms with Crippen LogP contribution in [0.5, 0.6) is 5.75 Å². The van der Waals surface area contributed by atoms with Gasteiger partial charge in [-0.3, -0.25) is 4.79 Å². The minimum absolute atomic E-state index is 0.0317. The predicted octanol–water partition coefficient (Wildman–Crippen LogP) is 3.47. The molecule has 114 valence electrons. The number of carbonyl (C=O) groups excluding carboxylic acids is 1. The number of rotatable bonds is 2. The molecule has 0 aliphatic carbocycles. The standard InChI is InChI=1S/C18H18FNO2/c1-12-6-7-13(10-17(12)21)18(22)20-9-8-14(11-20)15-4-2-3-5-16(15)19/h2-7,10,14,21H,8-9,11H2,1H3. The first kappa shape index (κ1) is 14.6. The Morgan fingerprint density at radius 1 is 1.27 bits per heavy atom. The van der Waals surface area contributed by atoms with Gasteiger partial charge in [-0.2, -0.15) is 0 Å². The Labute approximate surface area is 129 Å². The minimum Gasteiger partial charge on any atom is -0.508 e. The highest BCUT2D eigenvalue weighted by molar-refractivity contribution is 5.95. The summed E-state index contributed by atoms with van der Waals surface area (Å²) in [4.78, 5) is 14.2. The fourth-order valence-corrected chi connectivity index (χ4v) is 2.93. The lowest BCUT2D eigenvalue weighted by Gasteiger charge is -2.17. The van der Waals surface area contributed by atoms with Gasteiger partial charge < -0.3 is 10.0 Å². The quantitative estimate of drug-likeness (QED) is 0.922. The topological polar surface area (TPSA) is 40.5 Å². The van der Waals surface area contributed by atoms with E-state index in [2.05, 4.69) is 0 Å². The first-order valence-electron chi connectivity index (χ1n) is 7.39. The Morgan fingerprint density at radius 2 is 2.05 bits per heavy atom.